The van der Waals surface area contributed by atoms with Crippen molar-refractivity contribution < 1.29 is 81.8 Å². The maximum atomic E-state index is 15.8. The van der Waals surface area contributed by atoms with Crippen molar-refractivity contribution in [3.63, 3.8) is 0 Å². The first-order chi connectivity index (χ1) is 36.0. The lowest BCUT2D eigenvalue weighted by molar-refractivity contribution is -0.346. The van der Waals surface area contributed by atoms with Crippen molar-refractivity contribution >= 4 is 65.1 Å². The smallest absolute Gasteiger partial charge is 0.350 e. The number of ether oxygens (including phenoxy) is 6. The molecular formula is C56H60N2O17S. The van der Waals surface area contributed by atoms with Crippen LogP contribution < -0.4 is 5.32 Å². The third-order valence-corrected chi connectivity index (χ3v) is 16.4. The molecule has 2 bridgehead atoms. The maximum absolute atomic E-state index is 15.8. The predicted molar refractivity (Wildman–Crippen MR) is 269 cm³/mol. The monoisotopic (exact) mass is 1060 g/mol. The number of nitrogens with zero attached hydrogens (tertiary/aromatic N) is 1. The van der Waals surface area contributed by atoms with Gasteiger partial charge in [-0.05, 0) is 60.6 Å². The van der Waals surface area contributed by atoms with E-state index in [1.807, 2.05) is 0 Å². The minimum atomic E-state index is -2.52. The third kappa shape index (κ3) is 9.87. The fourth-order valence-electron chi connectivity index (χ4n) is 11.6. The number of thioether (sulfide) groups is 1. The lowest BCUT2D eigenvalue weighted by atomic mass is 9.44. The van der Waals surface area contributed by atoms with E-state index in [1.165, 1.54) is 58.0 Å². The number of esters is 5. The van der Waals surface area contributed by atoms with Crippen LogP contribution in [0.5, 0.6) is 0 Å². The van der Waals surface area contributed by atoms with Gasteiger partial charge in [0.15, 0.2) is 17.5 Å². The van der Waals surface area contributed by atoms with Gasteiger partial charge in [0.2, 0.25) is 6.10 Å². The van der Waals surface area contributed by atoms with E-state index in [0.717, 1.165) is 30.5 Å². The van der Waals surface area contributed by atoms with Crippen molar-refractivity contribution in [2.45, 2.75) is 122 Å². The second-order valence-electron chi connectivity index (χ2n) is 20.3. The minimum Gasteiger partial charge on any atom is -0.455 e. The number of benzene rings is 3. The standard InChI is InChI=1S/C56H60N2O17S/c1-8-76-37-26-40(62)58(50(37)66)25-24-41(63)73-45(43(33-18-12-9-13-19-33)57-49(65)34-20-14-10-15-21-34)52(68)72-36-28-56(69)48(74-51(67)35-22-16-11-17-23-35)46-54(7,38(61)27-39-55(46,29-70-39)75-32(4)60)47(64)44(71-31(3)59)42(30(36)2)53(56,5)6/h9-23,26,36,38-39,43-46,48,61,69H,8,24-25,27-29H2,1-7H3,(H,57,65)/t36-,38-,39+,43-,44+,45+,46?,48?,54+,55-,56+/m0/s1. The van der Waals surface area contributed by atoms with Crippen LogP contribution >= 0.6 is 11.8 Å². The summed E-state index contributed by atoms with van der Waals surface area (Å²) in [5.41, 5.74) is -7.83. The van der Waals surface area contributed by atoms with E-state index in [1.54, 1.807) is 73.7 Å². The molecular weight excluding hydrogens is 1000 g/mol. The van der Waals surface area contributed by atoms with Gasteiger partial charge in [-0.3, -0.25) is 38.5 Å². The first-order valence-electron chi connectivity index (χ1n) is 24.9. The van der Waals surface area contributed by atoms with Gasteiger partial charge in [-0.1, -0.05) is 87.5 Å². The molecule has 0 radical (unpaired) electrons. The molecule has 3 aliphatic carbocycles. The van der Waals surface area contributed by atoms with Crippen molar-refractivity contribution in [1.82, 2.24) is 10.2 Å². The second kappa shape index (κ2) is 21.6. The molecule has 20 heteroatoms. The second-order valence-corrected chi connectivity index (χ2v) is 21.6. The van der Waals surface area contributed by atoms with E-state index in [9.17, 15) is 43.8 Å². The number of ketones is 1. The van der Waals surface area contributed by atoms with Crippen LogP contribution in [0.4, 0.5) is 0 Å². The van der Waals surface area contributed by atoms with Gasteiger partial charge in [-0.15, -0.1) is 11.8 Å². The number of nitrogens with one attached hydrogen (secondary N) is 1. The summed E-state index contributed by atoms with van der Waals surface area (Å²) in [6, 6.07) is 22.2. The molecule has 2 saturated carbocycles. The number of fused-ring (bicyclic) bond motifs is 5. The number of hydrogen-bond acceptors (Lipinski definition) is 18. The Morgan fingerprint density at radius 2 is 1.47 bits per heavy atom. The Morgan fingerprint density at radius 1 is 0.855 bits per heavy atom. The highest BCUT2D eigenvalue weighted by atomic mass is 32.2. The third-order valence-electron chi connectivity index (χ3n) is 15.5. The molecule has 1 saturated heterocycles. The average molecular weight is 1070 g/mol. The molecule has 11 atom stereocenters. The normalized spacial score (nSPS) is 29.1. The molecule has 0 spiro atoms. The largest absolute Gasteiger partial charge is 0.455 e. The van der Waals surface area contributed by atoms with Crippen molar-refractivity contribution in [2.75, 3.05) is 18.9 Å². The van der Waals surface area contributed by atoms with Gasteiger partial charge < -0.3 is 44.0 Å². The zero-order chi connectivity index (χ0) is 55.1. The summed E-state index contributed by atoms with van der Waals surface area (Å²) in [7, 11) is 0. The van der Waals surface area contributed by atoms with E-state index in [2.05, 4.69) is 5.32 Å². The fraction of sp³-hybridized carbons (Fsp3) is 0.446. The Morgan fingerprint density at radius 3 is 2.05 bits per heavy atom. The molecule has 3 fully saturated rings. The summed E-state index contributed by atoms with van der Waals surface area (Å²) in [6.07, 6.45) is -10.6. The van der Waals surface area contributed by atoms with Gasteiger partial charge >= 0.3 is 29.8 Å². The molecule has 8 rings (SSSR count). The van der Waals surface area contributed by atoms with E-state index >= 15 is 9.59 Å². The molecule has 3 N–H and O–H groups in total. The Kier molecular flexibility index (Phi) is 15.7. The molecule has 2 heterocycles. The lowest BCUT2D eigenvalue weighted by Gasteiger charge is -2.67. The zero-order valence-corrected chi connectivity index (χ0v) is 43.8. The van der Waals surface area contributed by atoms with Crippen LogP contribution in [0.1, 0.15) is 100 Å². The van der Waals surface area contributed by atoms with Crippen LogP contribution in [0, 0.1) is 16.7 Å². The number of amides is 3. The van der Waals surface area contributed by atoms with Gasteiger partial charge in [0.25, 0.3) is 17.7 Å². The van der Waals surface area contributed by atoms with Crippen molar-refractivity contribution in [2.24, 2.45) is 16.7 Å². The number of aliphatic hydroxyl groups excluding tert-OH is 1. The highest BCUT2D eigenvalue weighted by molar-refractivity contribution is 8.04. The molecule has 402 valence electrons. The summed E-state index contributed by atoms with van der Waals surface area (Å²) in [6.45, 7) is 9.08. The summed E-state index contributed by atoms with van der Waals surface area (Å²) in [5, 5.41) is 29.0. The molecule has 5 aliphatic rings. The van der Waals surface area contributed by atoms with Crippen molar-refractivity contribution in [3.8, 4) is 0 Å². The van der Waals surface area contributed by atoms with Crippen molar-refractivity contribution in [3.05, 3.63) is 130 Å². The number of aliphatic hydroxyl groups is 2. The Hall–Kier alpha value is -7.00. The number of carbonyl (C=O) groups excluding carboxylic acids is 9. The van der Waals surface area contributed by atoms with Crippen LogP contribution in [-0.4, -0.2) is 135 Å². The Bertz CT molecular complexity index is 2890. The summed E-state index contributed by atoms with van der Waals surface area (Å²) in [4.78, 5) is 127. The molecule has 3 aromatic rings. The first-order valence-corrected chi connectivity index (χ1v) is 25.9. The first kappa shape index (κ1) is 55.2. The Labute approximate surface area is 442 Å². The molecule has 2 unspecified atom stereocenters. The number of hydrogen-bond donors (Lipinski definition) is 3. The van der Waals surface area contributed by atoms with Gasteiger partial charge in [0.05, 0.1) is 40.9 Å². The quantitative estimate of drug-likeness (QED) is 0.0761. The van der Waals surface area contributed by atoms with Crippen LogP contribution in [0.2, 0.25) is 0 Å². The summed E-state index contributed by atoms with van der Waals surface area (Å²) >= 11 is 1.15. The van der Waals surface area contributed by atoms with Gasteiger partial charge in [0.1, 0.15) is 30.0 Å². The lowest BCUT2D eigenvalue weighted by Crippen LogP contribution is -2.82. The predicted octanol–water partition coefficient (Wildman–Crippen LogP) is 4.68. The molecule has 3 amide bonds. The average Bonchev–Trinajstić information content (AvgIpc) is 3.81. The summed E-state index contributed by atoms with van der Waals surface area (Å²) < 4.78 is 36.8. The highest BCUT2D eigenvalue weighted by Crippen LogP contribution is 2.64. The fourth-order valence-corrected chi connectivity index (χ4v) is 12.4. The SMILES string of the molecule is CCSC1=CC(=O)N(CCC(=O)O[C@@H](C(=O)O[C@H]2C[C@@]3(O)C(OC(=O)c4ccccc4)C4[C@](C)(C(=O)[C@H](OC(C)=O)C(=C2C)C3(C)C)[C@@H](O)C[C@H]2OC[C@@]42OC(C)=O)[C@@H](NC(=O)c2ccccc2)c2ccccc2)C1=O. The zero-order valence-electron chi connectivity index (χ0n) is 43.0. The van der Waals surface area contributed by atoms with Crippen molar-refractivity contribution in [1.29, 1.82) is 0 Å². The Balaban J connectivity index is 1.27. The van der Waals surface area contributed by atoms with Crippen LogP contribution in [0.25, 0.3) is 0 Å². The minimum absolute atomic E-state index is 0.0194. The molecule has 0 aromatic heterocycles. The summed E-state index contributed by atoms with van der Waals surface area (Å²) in [5.74, 6) is -9.17. The maximum Gasteiger partial charge on any atom is 0.350 e. The molecule has 19 nitrogen and oxygen atoms in total. The van der Waals surface area contributed by atoms with Crippen LogP contribution in [-0.2, 0) is 62.0 Å². The van der Waals surface area contributed by atoms with Gasteiger partial charge in [0, 0.05) is 50.3 Å². The van der Waals surface area contributed by atoms with E-state index in [0.29, 0.717) is 5.75 Å². The topological polar surface area (TPSA) is 265 Å². The number of imide groups is 1. The van der Waals surface area contributed by atoms with Gasteiger partial charge in [-0.2, -0.15) is 0 Å². The molecule has 76 heavy (non-hydrogen) atoms. The van der Waals surface area contributed by atoms with Gasteiger partial charge in [-0.25, -0.2) is 9.59 Å². The van der Waals surface area contributed by atoms with E-state index < -0.39 is 143 Å². The van der Waals surface area contributed by atoms with Crippen LogP contribution in [0.15, 0.2) is 113 Å². The highest BCUT2D eigenvalue weighted by Gasteiger charge is 2.78. The number of Topliss-reactive ketones (excluding diaryl/α,β-unsaturated/α-hetero) is 1. The number of rotatable bonds is 16. The number of carbonyl (C=O) groups is 9. The molecule has 2 aliphatic heterocycles. The van der Waals surface area contributed by atoms with Crippen LogP contribution in [0.3, 0.4) is 0 Å². The van der Waals surface area contributed by atoms with E-state index in [4.69, 9.17) is 28.4 Å². The van der Waals surface area contributed by atoms with E-state index in [-0.39, 0.29) is 45.8 Å². The molecule has 3 aromatic carbocycles.